The van der Waals surface area contributed by atoms with Crippen molar-refractivity contribution in [3.63, 3.8) is 0 Å². The first-order valence-electron chi connectivity index (χ1n) is 10.7. The van der Waals surface area contributed by atoms with Gasteiger partial charge in [0.2, 0.25) is 5.91 Å². The number of carbonyl (C=O) groups is 1. The van der Waals surface area contributed by atoms with Crippen molar-refractivity contribution in [2.45, 2.75) is 13.3 Å². The molecule has 0 saturated carbocycles. The fourth-order valence-electron chi connectivity index (χ4n) is 3.83. The van der Waals surface area contributed by atoms with E-state index in [1.807, 2.05) is 19.1 Å². The average Bonchev–Trinajstić information content (AvgIpc) is 3.12. The Labute approximate surface area is 191 Å². The van der Waals surface area contributed by atoms with Crippen LogP contribution in [0.2, 0.25) is 0 Å². The van der Waals surface area contributed by atoms with E-state index in [-0.39, 0.29) is 18.2 Å². The summed E-state index contributed by atoms with van der Waals surface area (Å²) in [5, 5.41) is 0.923. The van der Waals surface area contributed by atoms with Crippen LogP contribution in [0.5, 0.6) is 5.75 Å². The predicted molar refractivity (Wildman–Crippen MR) is 129 cm³/mol. The van der Waals surface area contributed by atoms with Crippen LogP contribution in [0.15, 0.2) is 47.3 Å². The molecule has 3 heterocycles. The summed E-state index contributed by atoms with van der Waals surface area (Å²) in [5.41, 5.74) is 0. The minimum Gasteiger partial charge on any atom is -0.497 e. The molecule has 0 bridgehead atoms. The Kier molecular flexibility index (Phi) is 8.26. The number of ether oxygens (including phenoxy) is 2. The zero-order valence-corrected chi connectivity index (χ0v) is 20.3. The molecule has 2 fully saturated rings. The van der Waals surface area contributed by atoms with Crippen molar-refractivity contribution in [2.75, 3.05) is 63.8 Å². The van der Waals surface area contributed by atoms with E-state index < -0.39 is 5.83 Å². The molecule has 32 heavy (non-hydrogen) atoms. The van der Waals surface area contributed by atoms with E-state index in [9.17, 15) is 9.18 Å². The van der Waals surface area contributed by atoms with Crippen LogP contribution in [0, 0.1) is 5.92 Å². The highest BCUT2D eigenvalue weighted by atomic mass is 31.0. The van der Waals surface area contributed by atoms with Gasteiger partial charge in [-0.05, 0) is 38.3 Å². The van der Waals surface area contributed by atoms with E-state index in [0.717, 1.165) is 37.3 Å². The smallest absolute Gasteiger partial charge is 0.228 e. The number of allylic oxidation sites excluding steroid dienone is 4. The van der Waals surface area contributed by atoms with E-state index >= 15 is 0 Å². The molecule has 3 rings (SSSR count). The summed E-state index contributed by atoms with van der Waals surface area (Å²) in [6.07, 6.45) is 4.74. The van der Waals surface area contributed by atoms with Gasteiger partial charge in [-0.3, -0.25) is 9.69 Å². The monoisotopic (exact) mass is 462 g/mol. The third-order valence-electron chi connectivity index (χ3n) is 5.56. The highest BCUT2D eigenvalue weighted by molar-refractivity contribution is 7.22. The average molecular weight is 463 g/mol. The molecule has 174 valence electrons. The van der Waals surface area contributed by atoms with Crippen LogP contribution in [-0.4, -0.2) is 69.8 Å². The van der Waals surface area contributed by atoms with Crippen LogP contribution in [-0.2, 0) is 9.53 Å². The number of aromatic nitrogens is 1. The summed E-state index contributed by atoms with van der Waals surface area (Å²) in [4.78, 5) is 23.6. The van der Waals surface area contributed by atoms with Crippen LogP contribution in [0.4, 0.5) is 16.0 Å². The first-order chi connectivity index (χ1) is 15.3. The van der Waals surface area contributed by atoms with Crippen LogP contribution in [0.1, 0.15) is 13.3 Å². The second-order valence-electron chi connectivity index (χ2n) is 8.14. The van der Waals surface area contributed by atoms with Gasteiger partial charge in [-0.1, -0.05) is 5.31 Å². The maximum Gasteiger partial charge on any atom is 0.228 e. The van der Waals surface area contributed by atoms with Gasteiger partial charge in [-0.2, -0.15) is 0 Å². The van der Waals surface area contributed by atoms with Crippen LogP contribution < -0.4 is 14.5 Å². The molecule has 0 spiro atoms. The third kappa shape index (κ3) is 6.08. The number of carbonyl (C=O) groups excluding carboxylic acids is 1. The maximum atomic E-state index is 14.6. The molecular formula is C23H32FN4O3P. The predicted octanol–water partition coefficient (Wildman–Crippen LogP) is 3.36. The lowest BCUT2D eigenvalue weighted by Gasteiger charge is -2.33. The van der Waals surface area contributed by atoms with E-state index in [4.69, 9.17) is 14.5 Å². The van der Waals surface area contributed by atoms with Crippen molar-refractivity contribution < 1.29 is 18.7 Å². The van der Waals surface area contributed by atoms with E-state index in [1.165, 1.54) is 19.3 Å². The Morgan fingerprint density at radius 3 is 2.56 bits per heavy atom. The van der Waals surface area contributed by atoms with Gasteiger partial charge < -0.3 is 19.3 Å². The van der Waals surface area contributed by atoms with Crippen LogP contribution in [0.25, 0.3) is 0 Å². The molecule has 0 N–H and O–H groups in total. The number of likely N-dealkylation sites (N-methyl/N-ethyl adjacent to an activating group) is 1. The normalized spacial score (nSPS) is 21.4. The van der Waals surface area contributed by atoms with Gasteiger partial charge in [0, 0.05) is 51.1 Å². The van der Waals surface area contributed by atoms with Crippen LogP contribution in [0.3, 0.4) is 0 Å². The molecule has 2 saturated heterocycles. The lowest BCUT2D eigenvalue weighted by atomic mass is 10.1. The zero-order valence-electron chi connectivity index (χ0n) is 19.2. The zero-order chi connectivity index (χ0) is 23.3. The largest absolute Gasteiger partial charge is 0.497 e. The second kappa shape index (κ2) is 10.9. The summed E-state index contributed by atoms with van der Waals surface area (Å²) >= 11 is 0. The molecule has 0 aliphatic carbocycles. The quantitative estimate of drug-likeness (QED) is 0.352. The summed E-state index contributed by atoms with van der Waals surface area (Å²) in [7, 11) is 7.69. The molecule has 0 radical (unpaired) electrons. The Morgan fingerprint density at radius 2 is 1.94 bits per heavy atom. The topological polar surface area (TPSA) is 58.1 Å². The maximum absolute atomic E-state index is 14.6. The van der Waals surface area contributed by atoms with Crippen molar-refractivity contribution in [3.05, 3.63) is 47.3 Å². The number of methoxy groups -OCH3 is 2. The molecule has 0 aromatic carbocycles. The summed E-state index contributed by atoms with van der Waals surface area (Å²) in [5.74, 6) is 1.45. The lowest BCUT2D eigenvalue weighted by molar-refractivity contribution is -0.117. The Balaban J connectivity index is 1.80. The van der Waals surface area contributed by atoms with Gasteiger partial charge in [-0.25, -0.2) is 9.37 Å². The van der Waals surface area contributed by atoms with E-state index in [1.54, 1.807) is 18.1 Å². The standard InChI is InChI=1S/C23H32FN4O3P/c1-16(32)11-19(30-3)14-18(24)12-17-13-22(29)28(15-17)23-20(31-4)5-6-21(25-23)27-9-7-26(2)8-10-27/h5-6,11-12,14,17H,7-10,13,15,32H2,1-4H3/b16-11+,18-12-,19-14+/t17-/m0/s1. The molecule has 9 heteroatoms. The third-order valence-corrected chi connectivity index (χ3v) is 5.73. The molecule has 2 atom stereocenters. The van der Waals surface area contributed by atoms with Crippen LogP contribution >= 0.6 is 9.24 Å². The van der Waals surface area contributed by atoms with Gasteiger partial charge in [-0.15, -0.1) is 9.24 Å². The molecule has 1 unspecified atom stereocenters. The van der Waals surface area contributed by atoms with Gasteiger partial charge >= 0.3 is 0 Å². The number of halogens is 1. The van der Waals surface area contributed by atoms with E-state index in [2.05, 4.69) is 26.1 Å². The number of hydrogen-bond acceptors (Lipinski definition) is 6. The molecule has 1 aromatic rings. The number of anilines is 2. The molecule has 2 aliphatic rings. The molecule has 7 nitrogen and oxygen atoms in total. The van der Waals surface area contributed by atoms with Gasteiger partial charge in [0.15, 0.2) is 11.6 Å². The van der Waals surface area contributed by atoms with Crippen molar-refractivity contribution in [1.29, 1.82) is 0 Å². The summed E-state index contributed by atoms with van der Waals surface area (Å²) in [6.45, 7) is 5.89. The number of pyridine rings is 1. The minimum atomic E-state index is -0.435. The van der Waals surface area contributed by atoms with Crippen molar-refractivity contribution in [1.82, 2.24) is 9.88 Å². The summed E-state index contributed by atoms with van der Waals surface area (Å²) in [6, 6.07) is 3.77. The molecule has 1 aromatic heterocycles. The van der Waals surface area contributed by atoms with E-state index in [0.29, 0.717) is 23.9 Å². The first kappa shape index (κ1) is 24.2. The molecule has 2 aliphatic heterocycles. The molecular weight excluding hydrogens is 430 g/mol. The van der Waals surface area contributed by atoms with Gasteiger partial charge in [0.1, 0.15) is 17.4 Å². The SMILES string of the molecule is COC(/C=C(\C)P)=C/C(F)=C/[C@H]1CC(=O)N(c2nc(N3CCN(C)CC3)ccc2OC)C1. The number of nitrogens with zero attached hydrogens (tertiary/aromatic N) is 4. The highest BCUT2D eigenvalue weighted by Crippen LogP contribution is 2.34. The summed E-state index contributed by atoms with van der Waals surface area (Å²) < 4.78 is 25.2. The number of piperazine rings is 1. The Bertz CT molecular complexity index is 922. The fourth-order valence-corrected chi connectivity index (χ4v) is 4.00. The van der Waals surface area contributed by atoms with Gasteiger partial charge in [0.05, 0.1) is 14.2 Å². The fraction of sp³-hybridized carbons (Fsp3) is 0.478. The number of hydrogen-bond donors (Lipinski definition) is 0. The van der Waals surface area contributed by atoms with Crippen molar-refractivity contribution in [2.24, 2.45) is 5.92 Å². The highest BCUT2D eigenvalue weighted by Gasteiger charge is 2.33. The Hall–Kier alpha value is -2.44. The Morgan fingerprint density at radius 1 is 1.22 bits per heavy atom. The lowest BCUT2D eigenvalue weighted by Crippen LogP contribution is -2.45. The van der Waals surface area contributed by atoms with Gasteiger partial charge in [0.25, 0.3) is 0 Å². The van der Waals surface area contributed by atoms with Crippen molar-refractivity contribution >= 4 is 26.8 Å². The van der Waals surface area contributed by atoms with Crippen molar-refractivity contribution in [3.8, 4) is 5.75 Å². The minimum absolute atomic E-state index is 0.1000. The second-order valence-corrected chi connectivity index (χ2v) is 9.06. The number of rotatable bonds is 7. The molecule has 1 amide bonds. The first-order valence-corrected chi connectivity index (χ1v) is 11.2. The number of amides is 1.